The van der Waals surface area contributed by atoms with Crippen molar-refractivity contribution in [2.45, 2.75) is 33.2 Å². The van der Waals surface area contributed by atoms with Gasteiger partial charge >= 0.3 is 6.09 Å². The molecule has 0 bridgehead atoms. The third-order valence-electron chi connectivity index (χ3n) is 3.73. The molecule has 0 fully saturated rings. The Morgan fingerprint density at radius 2 is 2.12 bits per heavy atom. The summed E-state index contributed by atoms with van der Waals surface area (Å²) < 4.78 is 7.70. The van der Waals surface area contributed by atoms with Crippen molar-refractivity contribution in [1.29, 1.82) is 0 Å². The second kappa shape index (κ2) is 7.46. The first-order valence-corrected chi connectivity index (χ1v) is 8.16. The molecule has 0 aliphatic carbocycles. The van der Waals surface area contributed by atoms with Gasteiger partial charge in [-0.2, -0.15) is 5.10 Å². The largest absolute Gasteiger partial charge is 0.491 e. The predicted molar refractivity (Wildman–Crippen MR) is 97.6 cm³/mol. The number of nitrogens with zero attached hydrogens (tertiary/aromatic N) is 2. The van der Waals surface area contributed by atoms with Gasteiger partial charge in [-0.1, -0.05) is 20.8 Å². The van der Waals surface area contributed by atoms with Crippen molar-refractivity contribution < 1.29 is 14.6 Å². The zero-order valence-corrected chi connectivity index (χ0v) is 15.1. The van der Waals surface area contributed by atoms with Gasteiger partial charge in [0.15, 0.2) is 0 Å². The first kappa shape index (κ1) is 18.6. The van der Waals surface area contributed by atoms with E-state index >= 15 is 0 Å². The first-order chi connectivity index (χ1) is 11.7. The lowest BCUT2D eigenvalue weighted by Gasteiger charge is -2.26. The number of aryl methyl sites for hydroxylation is 1. The van der Waals surface area contributed by atoms with Crippen LogP contribution in [0.15, 0.2) is 30.5 Å². The molecule has 0 unspecified atom stereocenters. The van der Waals surface area contributed by atoms with E-state index in [1.54, 1.807) is 23.0 Å². The molecule has 0 aliphatic heterocycles. The van der Waals surface area contributed by atoms with E-state index in [1.165, 1.54) is 0 Å². The number of carbonyl (C=O) groups is 1. The molecule has 0 spiro atoms. The summed E-state index contributed by atoms with van der Waals surface area (Å²) in [6, 6.07) is 6.96. The van der Waals surface area contributed by atoms with Crippen molar-refractivity contribution in [3.05, 3.63) is 30.5 Å². The number of anilines is 1. The molecule has 136 valence electrons. The Kier molecular flexibility index (Phi) is 5.56. The predicted octanol–water partition coefficient (Wildman–Crippen LogP) is 3.12. The number of hydrogen-bond donors (Lipinski definition) is 3. The van der Waals surface area contributed by atoms with Crippen LogP contribution in [-0.4, -0.2) is 33.6 Å². The molecule has 1 atom stereocenters. The van der Waals surface area contributed by atoms with Crippen LogP contribution in [0.3, 0.4) is 0 Å². The molecular formula is C18H26N4O3. The average molecular weight is 346 g/mol. The number of nitrogen functional groups attached to an aromatic ring is 1. The second-order valence-electron chi connectivity index (χ2n) is 7.32. The molecule has 2 rings (SSSR count). The van der Waals surface area contributed by atoms with Crippen LogP contribution in [0, 0.1) is 5.41 Å². The number of ether oxygens (including phenoxy) is 1. The van der Waals surface area contributed by atoms with E-state index in [2.05, 4.69) is 31.2 Å². The van der Waals surface area contributed by atoms with Gasteiger partial charge in [0.2, 0.25) is 0 Å². The maximum Gasteiger partial charge on any atom is 0.404 e. The number of carboxylic acid groups (broad SMARTS) is 1. The molecule has 2 aromatic rings. The summed E-state index contributed by atoms with van der Waals surface area (Å²) in [6.45, 7) is 6.42. The molecule has 7 nitrogen and oxygen atoms in total. The van der Waals surface area contributed by atoms with Crippen LogP contribution in [0.1, 0.15) is 27.2 Å². The van der Waals surface area contributed by atoms with E-state index in [1.807, 2.05) is 19.2 Å². The highest BCUT2D eigenvalue weighted by molar-refractivity contribution is 5.71. The minimum Gasteiger partial charge on any atom is -0.491 e. The fraction of sp³-hybridized carbons (Fsp3) is 0.444. The molecular weight excluding hydrogens is 320 g/mol. The fourth-order valence-corrected chi connectivity index (χ4v) is 2.77. The summed E-state index contributed by atoms with van der Waals surface area (Å²) in [5.74, 6) is 0.642. The van der Waals surface area contributed by atoms with Gasteiger partial charge in [-0.05, 0) is 36.1 Å². The van der Waals surface area contributed by atoms with Crippen LogP contribution in [0.2, 0.25) is 0 Å². The quantitative estimate of drug-likeness (QED) is 0.697. The highest BCUT2D eigenvalue weighted by Crippen LogP contribution is 2.32. The van der Waals surface area contributed by atoms with Crippen LogP contribution in [0.25, 0.3) is 11.3 Å². The molecule has 1 aromatic carbocycles. The number of amides is 1. The standard InChI is InChI=1S/C18H26N4O3/c1-18(2,3)10-13(21-17(23)24)11-25-16-6-5-12(19)9-14(16)15-7-8-20-22(15)4/h5-9,13,21H,10-11,19H2,1-4H3,(H,23,24)/t13-/m0/s1. The normalized spacial score (nSPS) is 12.6. The van der Waals surface area contributed by atoms with Crippen molar-refractivity contribution in [1.82, 2.24) is 15.1 Å². The Bertz CT molecular complexity index is 734. The monoisotopic (exact) mass is 346 g/mol. The molecule has 1 aromatic heterocycles. The fourth-order valence-electron chi connectivity index (χ4n) is 2.77. The molecule has 0 saturated carbocycles. The van der Waals surface area contributed by atoms with Crippen molar-refractivity contribution in [3.63, 3.8) is 0 Å². The number of hydrogen-bond acceptors (Lipinski definition) is 4. The van der Waals surface area contributed by atoms with Gasteiger partial charge in [0.1, 0.15) is 12.4 Å². The van der Waals surface area contributed by atoms with Gasteiger partial charge in [-0.3, -0.25) is 4.68 Å². The minimum absolute atomic E-state index is 0.0253. The summed E-state index contributed by atoms with van der Waals surface area (Å²) in [5.41, 5.74) is 8.21. The topological polar surface area (TPSA) is 102 Å². The van der Waals surface area contributed by atoms with Crippen LogP contribution in [0.5, 0.6) is 5.75 Å². The summed E-state index contributed by atoms with van der Waals surface area (Å²) in [4.78, 5) is 11.1. The maximum absolute atomic E-state index is 11.1. The zero-order valence-electron chi connectivity index (χ0n) is 15.1. The lowest BCUT2D eigenvalue weighted by molar-refractivity contribution is 0.169. The Morgan fingerprint density at radius 3 is 2.68 bits per heavy atom. The number of nitrogens with two attached hydrogens (primary N) is 1. The molecule has 7 heteroatoms. The maximum atomic E-state index is 11.1. The van der Waals surface area contributed by atoms with E-state index in [0.717, 1.165) is 11.3 Å². The first-order valence-electron chi connectivity index (χ1n) is 8.16. The van der Waals surface area contributed by atoms with E-state index in [0.29, 0.717) is 17.9 Å². The molecule has 0 saturated heterocycles. The van der Waals surface area contributed by atoms with Crippen molar-refractivity contribution in [3.8, 4) is 17.0 Å². The second-order valence-corrected chi connectivity index (χ2v) is 7.32. The summed E-state index contributed by atoms with van der Waals surface area (Å²) in [7, 11) is 1.84. The lowest BCUT2D eigenvalue weighted by atomic mass is 9.88. The lowest BCUT2D eigenvalue weighted by Crippen LogP contribution is -2.40. The Morgan fingerprint density at radius 1 is 1.40 bits per heavy atom. The van der Waals surface area contributed by atoms with E-state index in [4.69, 9.17) is 15.6 Å². The van der Waals surface area contributed by atoms with Crippen molar-refractivity contribution in [2.75, 3.05) is 12.3 Å². The SMILES string of the molecule is Cn1nccc1-c1cc(N)ccc1OC[C@H](CC(C)(C)C)NC(=O)O. The third-order valence-corrected chi connectivity index (χ3v) is 3.73. The molecule has 0 radical (unpaired) electrons. The smallest absolute Gasteiger partial charge is 0.404 e. The third kappa shape index (κ3) is 5.41. The number of aromatic nitrogens is 2. The van der Waals surface area contributed by atoms with E-state index in [9.17, 15) is 4.79 Å². The highest BCUT2D eigenvalue weighted by Gasteiger charge is 2.22. The molecule has 25 heavy (non-hydrogen) atoms. The Hall–Kier alpha value is -2.70. The van der Waals surface area contributed by atoms with Gasteiger partial charge < -0.3 is 20.9 Å². The Labute approximate surface area is 147 Å². The van der Waals surface area contributed by atoms with Crippen LogP contribution >= 0.6 is 0 Å². The van der Waals surface area contributed by atoms with E-state index < -0.39 is 6.09 Å². The molecule has 1 amide bonds. The van der Waals surface area contributed by atoms with Gasteiger partial charge in [-0.25, -0.2) is 4.79 Å². The van der Waals surface area contributed by atoms with Gasteiger partial charge in [0.25, 0.3) is 0 Å². The molecule has 1 heterocycles. The Balaban J connectivity index is 2.21. The number of nitrogens with one attached hydrogen (secondary N) is 1. The summed E-state index contributed by atoms with van der Waals surface area (Å²) >= 11 is 0. The number of benzene rings is 1. The van der Waals surface area contributed by atoms with Gasteiger partial charge in [-0.15, -0.1) is 0 Å². The van der Waals surface area contributed by atoms with Crippen LogP contribution < -0.4 is 15.8 Å². The van der Waals surface area contributed by atoms with Crippen molar-refractivity contribution >= 4 is 11.8 Å². The van der Waals surface area contributed by atoms with Gasteiger partial charge in [0.05, 0.1) is 11.7 Å². The minimum atomic E-state index is -1.05. The number of rotatable bonds is 6. The van der Waals surface area contributed by atoms with Gasteiger partial charge in [0, 0.05) is 24.5 Å². The highest BCUT2D eigenvalue weighted by atomic mass is 16.5. The summed E-state index contributed by atoms with van der Waals surface area (Å²) in [6.07, 6.45) is 1.31. The van der Waals surface area contributed by atoms with E-state index in [-0.39, 0.29) is 18.1 Å². The zero-order chi connectivity index (χ0) is 18.6. The molecule has 0 aliphatic rings. The van der Waals surface area contributed by atoms with Crippen LogP contribution in [0.4, 0.5) is 10.5 Å². The van der Waals surface area contributed by atoms with Crippen LogP contribution in [-0.2, 0) is 7.05 Å². The van der Waals surface area contributed by atoms with Crippen molar-refractivity contribution in [2.24, 2.45) is 12.5 Å². The molecule has 4 N–H and O–H groups in total. The average Bonchev–Trinajstić information content (AvgIpc) is 2.89. The summed E-state index contributed by atoms with van der Waals surface area (Å²) in [5, 5.41) is 15.8.